The molecule has 0 bridgehead atoms. The van der Waals surface area contributed by atoms with Gasteiger partial charge in [0.15, 0.2) is 0 Å². The molecule has 94 valence electrons. The highest BCUT2D eigenvalue weighted by molar-refractivity contribution is 5.28. The molecule has 0 saturated carbocycles. The summed E-state index contributed by atoms with van der Waals surface area (Å²) in [7, 11) is 1.88. The Bertz CT molecular complexity index is 327. The van der Waals surface area contributed by atoms with Gasteiger partial charge in [0.05, 0.1) is 6.10 Å². The van der Waals surface area contributed by atoms with Crippen molar-refractivity contribution in [3.63, 3.8) is 0 Å². The third-order valence-corrected chi connectivity index (χ3v) is 3.42. The lowest BCUT2D eigenvalue weighted by Crippen LogP contribution is -2.38. The average molecular weight is 234 g/mol. The molecule has 17 heavy (non-hydrogen) atoms. The molecule has 0 radical (unpaired) electrons. The third kappa shape index (κ3) is 3.53. The number of nitrogens with one attached hydrogen (secondary N) is 1. The van der Waals surface area contributed by atoms with E-state index >= 15 is 0 Å². The fourth-order valence-electron chi connectivity index (χ4n) is 2.50. The van der Waals surface area contributed by atoms with Crippen LogP contribution in [-0.4, -0.2) is 49.3 Å². The predicted octanol–water partition coefficient (Wildman–Crippen LogP) is 0.667. The SMILES string of the molecule is CNCC(O)CN1CCc2ccccc2CC1. The van der Waals surface area contributed by atoms with E-state index in [1.165, 1.54) is 11.1 Å². The zero-order valence-corrected chi connectivity index (χ0v) is 10.5. The zero-order valence-electron chi connectivity index (χ0n) is 10.5. The minimum Gasteiger partial charge on any atom is -0.390 e. The quantitative estimate of drug-likeness (QED) is 0.804. The lowest BCUT2D eigenvalue weighted by molar-refractivity contribution is 0.115. The van der Waals surface area contributed by atoms with Crippen LogP contribution in [0.25, 0.3) is 0 Å². The summed E-state index contributed by atoms with van der Waals surface area (Å²) < 4.78 is 0. The van der Waals surface area contributed by atoms with Crippen molar-refractivity contribution in [3.05, 3.63) is 35.4 Å². The fraction of sp³-hybridized carbons (Fsp3) is 0.571. The molecule has 1 aliphatic heterocycles. The molecule has 0 spiro atoms. The summed E-state index contributed by atoms with van der Waals surface area (Å²) in [5.41, 5.74) is 2.94. The van der Waals surface area contributed by atoms with Crippen molar-refractivity contribution in [3.8, 4) is 0 Å². The summed E-state index contributed by atoms with van der Waals surface area (Å²) in [6, 6.07) is 8.68. The van der Waals surface area contributed by atoms with Gasteiger partial charge in [0.2, 0.25) is 0 Å². The van der Waals surface area contributed by atoms with Crippen LogP contribution < -0.4 is 5.32 Å². The van der Waals surface area contributed by atoms with Gasteiger partial charge < -0.3 is 15.3 Å². The molecule has 1 heterocycles. The van der Waals surface area contributed by atoms with E-state index in [4.69, 9.17) is 0 Å². The molecule has 1 aliphatic rings. The Morgan fingerprint density at radius 3 is 2.35 bits per heavy atom. The van der Waals surface area contributed by atoms with Crippen LogP contribution >= 0.6 is 0 Å². The first-order valence-corrected chi connectivity index (χ1v) is 6.41. The van der Waals surface area contributed by atoms with E-state index in [9.17, 15) is 5.11 Å². The number of hydrogen-bond acceptors (Lipinski definition) is 3. The van der Waals surface area contributed by atoms with Crippen LogP contribution in [0.5, 0.6) is 0 Å². The number of hydrogen-bond donors (Lipinski definition) is 2. The fourth-order valence-corrected chi connectivity index (χ4v) is 2.50. The second kappa shape index (κ2) is 6.15. The molecule has 1 atom stereocenters. The minimum absolute atomic E-state index is 0.263. The smallest absolute Gasteiger partial charge is 0.0791 e. The lowest BCUT2D eigenvalue weighted by atomic mass is 10.0. The normalized spacial score (nSPS) is 18.5. The first-order chi connectivity index (χ1) is 8.29. The molecule has 0 aliphatic carbocycles. The van der Waals surface area contributed by atoms with E-state index in [-0.39, 0.29) is 6.10 Å². The number of aliphatic hydroxyl groups excluding tert-OH is 1. The van der Waals surface area contributed by atoms with Crippen LogP contribution in [0, 0.1) is 0 Å². The second-order valence-electron chi connectivity index (χ2n) is 4.78. The number of fused-ring (bicyclic) bond motifs is 1. The maximum absolute atomic E-state index is 9.81. The average Bonchev–Trinajstić information content (AvgIpc) is 2.53. The Morgan fingerprint density at radius 2 is 1.82 bits per heavy atom. The third-order valence-electron chi connectivity index (χ3n) is 3.42. The molecule has 0 amide bonds. The van der Waals surface area contributed by atoms with Crippen molar-refractivity contribution in [1.29, 1.82) is 0 Å². The molecule has 2 rings (SSSR count). The lowest BCUT2D eigenvalue weighted by Gasteiger charge is -2.22. The molecular weight excluding hydrogens is 212 g/mol. The van der Waals surface area contributed by atoms with Crippen LogP contribution in [0.1, 0.15) is 11.1 Å². The van der Waals surface area contributed by atoms with Gasteiger partial charge in [-0.2, -0.15) is 0 Å². The Kier molecular flexibility index (Phi) is 4.54. The summed E-state index contributed by atoms with van der Waals surface area (Å²) in [5, 5.41) is 12.8. The first kappa shape index (κ1) is 12.6. The standard InChI is InChI=1S/C14H22N2O/c1-15-10-14(17)11-16-8-6-12-4-2-3-5-13(12)7-9-16/h2-5,14-15,17H,6-11H2,1H3. The number of benzene rings is 1. The molecule has 1 unspecified atom stereocenters. The van der Waals surface area contributed by atoms with Gasteiger partial charge in [-0.25, -0.2) is 0 Å². The monoisotopic (exact) mass is 234 g/mol. The van der Waals surface area contributed by atoms with Gasteiger partial charge >= 0.3 is 0 Å². The number of aliphatic hydroxyl groups is 1. The summed E-state index contributed by atoms with van der Waals surface area (Å²) in [6.07, 6.45) is 1.94. The molecule has 2 N–H and O–H groups in total. The van der Waals surface area contributed by atoms with Crippen molar-refractivity contribution in [2.45, 2.75) is 18.9 Å². The van der Waals surface area contributed by atoms with E-state index in [0.29, 0.717) is 6.54 Å². The zero-order chi connectivity index (χ0) is 12.1. The second-order valence-corrected chi connectivity index (χ2v) is 4.78. The van der Waals surface area contributed by atoms with E-state index in [1.54, 1.807) is 0 Å². The summed E-state index contributed by atoms with van der Waals surface area (Å²) in [4.78, 5) is 2.36. The Labute approximate surface area is 103 Å². The van der Waals surface area contributed by atoms with Gasteiger partial charge in [-0.1, -0.05) is 24.3 Å². The van der Waals surface area contributed by atoms with Gasteiger partial charge in [0.1, 0.15) is 0 Å². The van der Waals surface area contributed by atoms with Crippen LogP contribution in [0.3, 0.4) is 0 Å². The number of β-amino-alcohol motifs (C(OH)–C–C–N with tert-alkyl or cyclic N) is 1. The van der Waals surface area contributed by atoms with Crippen molar-refractivity contribution >= 4 is 0 Å². The predicted molar refractivity (Wildman–Crippen MR) is 70.2 cm³/mol. The van der Waals surface area contributed by atoms with Crippen LogP contribution in [0.15, 0.2) is 24.3 Å². The molecule has 1 aromatic rings. The summed E-state index contributed by atoms with van der Waals surface area (Å²) in [5.74, 6) is 0. The molecule has 0 aromatic heterocycles. The topological polar surface area (TPSA) is 35.5 Å². The van der Waals surface area contributed by atoms with Crippen LogP contribution in [0.2, 0.25) is 0 Å². The van der Waals surface area contributed by atoms with Crippen LogP contribution in [0.4, 0.5) is 0 Å². The van der Waals surface area contributed by atoms with Crippen molar-refractivity contribution in [2.75, 3.05) is 33.2 Å². The largest absolute Gasteiger partial charge is 0.390 e. The van der Waals surface area contributed by atoms with E-state index in [2.05, 4.69) is 34.5 Å². The van der Waals surface area contributed by atoms with Gasteiger partial charge in [0.25, 0.3) is 0 Å². The van der Waals surface area contributed by atoms with Gasteiger partial charge in [-0.05, 0) is 31.0 Å². The minimum atomic E-state index is -0.263. The number of rotatable bonds is 4. The molecule has 0 saturated heterocycles. The van der Waals surface area contributed by atoms with Gasteiger partial charge in [-0.15, -0.1) is 0 Å². The van der Waals surface area contributed by atoms with Crippen LogP contribution in [-0.2, 0) is 12.8 Å². The molecular formula is C14H22N2O. The van der Waals surface area contributed by atoms with E-state index in [1.807, 2.05) is 7.05 Å². The highest BCUT2D eigenvalue weighted by Crippen LogP contribution is 2.15. The summed E-state index contributed by atoms with van der Waals surface area (Å²) >= 11 is 0. The van der Waals surface area contributed by atoms with Crippen molar-refractivity contribution in [1.82, 2.24) is 10.2 Å². The van der Waals surface area contributed by atoms with Gasteiger partial charge in [-0.3, -0.25) is 0 Å². The van der Waals surface area contributed by atoms with Crippen molar-refractivity contribution in [2.24, 2.45) is 0 Å². The Morgan fingerprint density at radius 1 is 1.24 bits per heavy atom. The van der Waals surface area contributed by atoms with Gasteiger partial charge in [0, 0.05) is 26.2 Å². The molecule has 0 fully saturated rings. The highest BCUT2D eigenvalue weighted by atomic mass is 16.3. The Hall–Kier alpha value is -0.900. The van der Waals surface area contributed by atoms with E-state index < -0.39 is 0 Å². The summed E-state index contributed by atoms with van der Waals surface area (Å²) in [6.45, 7) is 3.55. The molecule has 3 heteroatoms. The number of nitrogens with zero attached hydrogens (tertiary/aromatic N) is 1. The van der Waals surface area contributed by atoms with E-state index in [0.717, 1.165) is 32.5 Å². The maximum atomic E-state index is 9.81. The molecule has 3 nitrogen and oxygen atoms in total. The molecule has 1 aromatic carbocycles. The Balaban J connectivity index is 1.90. The first-order valence-electron chi connectivity index (χ1n) is 6.41. The number of likely N-dealkylation sites (N-methyl/N-ethyl adjacent to an activating group) is 1. The maximum Gasteiger partial charge on any atom is 0.0791 e. The highest BCUT2D eigenvalue weighted by Gasteiger charge is 2.15. The van der Waals surface area contributed by atoms with Crippen molar-refractivity contribution < 1.29 is 5.11 Å².